The van der Waals surface area contributed by atoms with Crippen molar-refractivity contribution in [3.05, 3.63) is 33.9 Å². The molecule has 1 unspecified atom stereocenters. The molecular weight excluding hydrogens is 330 g/mol. The predicted molar refractivity (Wildman–Crippen MR) is 85.7 cm³/mol. The Bertz CT molecular complexity index is 651. The Morgan fingerprint density at radius 1 is 1.41 bits per heavy atom. The van der Waals surface area contributed by atoms with Gasteiger partial charge in [-0.15, -0.1) is 12.4 Å². The van der Waals surface area contributed by atoms with Gasteiger partial charge in [-0.25, -0.2) is 8.42 Å². The Balaban J connectivity index is 0.00000242. The van der Waals surface area contributed by atoms with Crippen LogP contribution in [0.25, 0.3) is 0 Å². The van der Waals surface area contributed by atoms with Gasteiger partial charge >= 0.3 is 0 Å². The normalized spacial score (nSPS) is 19.5. The highest BCUT2D eigenvalue weighted by molar-refractivity contribution is 7.89. The zero-order chi connectivity index (χ0) is 15.6. The van der Waals surface area contributed by atoms with Crippen molar-refractivity contribution >= 4 is 28.1 Å². The van der Waals surface area contributed by atoms with E-state index in [0.717, 1.165) is 19.3 Å². The largest absolute Gasteiger partial charge is 0.329 e. The zero-order valence-electron chi connectivity index (χ0n) is 12.3. The summed E-state index contributed by atoms with van der Waals surface area (Å²) in [5.41, 5.74) is 5.66. The van der Waals surface area contributed by atoms with E-state index < -0.39 is 14.9 Å². The number of nitrogens with two attached hydrogens (primary N) is 1. The standard InChI is InChI=1S/C13H19N3O4S.ClH/c1-10-12(16(17)18)6-4-7-13(10)21(19,20)15-8-3-2-5-11(15)9-14;/h4,6-7,11H,2-3,5,8-9,14H2,1H3;1H. The average Bonchev–Trinajstić information content (AvgIpc) is 2.46. The highest BCUT2D eigenvalue weighted by Crippen LogP contribution is 2.30. The molecule has 1 atom stereocenters. The molecule has 9 heteroatoms. The first-order chi connectivity index (χ1) is 9.89. The Morgan fingerprint density at radius 3 is 2.68 bits per heavy atom. The fraction of sp³-hybridized carbons (Fsp3) is 0.538. The maximum absolute atomic E-state index is 12.8. The third kappa shape index (κ3) is 3.40. The Hall–Kier alpha value is -1.22. The van der Waals surface area contributed by atoms with Crippen molar-refractivity contribution in [2.45, 2.75) is 37.1 Å². The second kappa shape index (κ2) is 7.36. The smallest absolute Gasteiger partial charge is 0.273 e. The molecule has 0 aromatic heterocycles. The summed E-state index contributed by atoms with van der Waals surface area (Å²) in [6, 6.07) is 3.90. The van der Waals surface area contributed by atoms with Gasteiger partial charge in [-0.05, 0) is 25.8 Å². The molecule has 22 heavy (non-hydrogen) atoms. The van der Waals surface area contributed by atoms with Crippen LogP contribution in [0.3, 0.4) is 0 Å². The highest BCUT2D eigenvalue weighted by Gasteiger charge is 2.34. The Morgan fingerprint density at radius 2 is 2.09 bits per heavy atom. The van der Waals surface area contributed by atoms with Gasteiger partial charge in [-0.3, -0.25) is 10.1 Å². The number of piperidine rings is 1. The fourth-order valence-corrected chi connectivity index (χ4v) is 4.68. The van der Waals surface area contributed by atoms with Gasteiger partial charge in [-0.2, -0.15) is 4.31 Å². The maximum atomic E-state index is 12.8. The molecule has 2 N–H and O–H groups in total. The van der Waals surface area contributed by atoms with Gasteiger partial charge in [-0.1, -0.05) is 12.5 Å². The summed E-state index contributed by atoms with van der Waals surface area (Å²) >= 11 is 0. The monoisotopic (exact) mass is 349 g/mol. The first-order valence-corrected chi connectivity index (χ1v) is 8.29. The predicted octanol–water partition coefficient (Wildman–Crippen LogP) is 1.83. The van der Waals surface area contributed by atoms with Crippen LogP contribution < -0.4 is 5.73 Å². The first kappa shape index (κ1) is 18.8. The SMILES string of the molecule is Cc1c([N+](=O)[O-])cccc1S(=O)(=O)N1CCCCC1CN.Cl. The van der Waals surface area contributed by atoms with Crippen LogP contribution in [0.15, 0.2) is 23.1 Å². The number of nitro groups is 1. The molecule has 0 radical (unpaired) electrons. The summed E-state index contributed by atoms with van der Waals surface area (Å²) < 4.78 is 27.0. The van der Waals surface area contributed by atoms with Gasteiger partial charge in [0.25, 0.3) is 5.69 Å². The zero-order valence-corrected chi connectivity index (χ0v) is 13.9. The molecule has 1 fully saturated rings. The van der Waals surface area contributed by atoms with E-state index in [1.165, 1.54) is 29.4 Å². The first-order valence-electron chi connectivity index (χ1n) is 6.85. The van der Waals surface area contributed by atoms with E-state index in [0.29, 0.717) is 6.54 Å². The number of nitro benzene ring substituents is 1. The van der Waals surface area contributed by atoms with Gasteiger partial charge in [0.2, 0.25) is 10.0 Å². The molecular formula is C13H20ClN3O4S. The lowest BCUT2D eigenvalue weighted by atomic mass is 10.1. The summed E-state index contributed by atoms with van der Waals surface area (Å²) in [6.45, 7) is 2.13. The van der Waals surface area contributed by atoms with Crippen LogP contribution in [0.5, 0.6) is 0 Å². The summed E-state index contributed by atoms with van der Waals surface area (Å²) in [6.07, 6.45) is 2.45. The molecule has 1 aromatic carbocycles. The van der Waals surface area contributed by atoms with E-state index in [2.05, 4.69) is 0 Å². The average molecular weight is 350 g/mol. The van der Waals surface area contributed by atoms with Crippen molar-refractivity contribution in [1.29, 1.82) is 0 Å². The minimum Gasteiger partial charge on any atom is -0.329 e. The maximum Gasteiger partial charge on any atom is 0.273 e. The number of nitrogens with zero attached hydrogens (tertiary/aromatic N) is 2. The fourth-order valence-electron chi connectivity index (χ4n) is 2.73. The number of hydrogen-bond donors (Lipinski definition) is 1. The number of rotatable bonds is 4. The second-order valence-electron chi connectivity index (χ2n) is 5.16. The topological polar surface area (TPSA) is 107 Å². The van der Waals surface area contributed by atoms with Crippen molar-refractivity contribution in [3.63, 3.8) is 0 Å². The third-order valence-electron chi connectivity index (χ3n) is 3.88. The molecule has 1 aromatic rings. The Labute approximate surface area is 136 Å². The molecule has 0 aliphatic carbocycles. The molecule has 1 saturated heterocycles. The highest BCUT2D eigenvalue weighted by atomic mass is 35.5. The summed E-state index contributed by atoms with van der Waals surface area (Å²) in [4.78, 5) is 10.4. The molecule has 1 aliphatic heterocycles. The molecule has 0 spiro atoms. The number of benzene rings is 1. The van der Waals surface area contributed by atoms with Gasteiger partial charge in [0, 0.05) is 30.8 Å². The van der Waals surface area contributed by atoms with E-state index in [9.17, 15) is 18.5 Å². The van der Waals surface area contributed by atoms with E-state index in [1.54, 1.807) is 0 Å². The molecule has 0 saturated carbocycles. The lowest BCUT2D eigenvalue weighted by molar-refractivity contribution is -0.385. The Kier molecular flexibility index (Phi) is 6.30. The number of hydrogen-bond acceptors (Lipinski definition) is 5. The summed E-state index contributed by atoms with van der Waals surface area (Å²) in [5.74, 6) is 0. The second-order valence-corrected chi connectivity index (χ2v) is 7.02. The van der Waals surface area contributed by atoms with E-state index in [-0.39, 0.29) is 41.1 Å². The summed E-state index contributed by atoms with van der Waals surface area (Å²) in [5, 5.41) is 11.0. The van der Waals surface area contributed by atoms with Crippen molar-refractivity contribution in [2.24, 2.45) is 5.73 Å². The van der Waals surface area contributed by atoms with Gasteiger partial charge in [0.05, 0.1) is 9.82 Å². The van der Waals surface area contributed by atoms with Crippen LogP contribution in [0.4, 0.5) is 5.69 Å². The van der Waals surface area contributed by atoms with Crippen molar-refractivity contribution < 1.29 is 13.3 Å². The molecule has 1 aliphatic rings. The van der Waals surface area contributed by atoms with Crippen LogP contribution >= 0.6 is 12.4 Å². The van der Waals surface area contributed by atoms with Gasteiger partial charge in [0.15, 0.2) is 0 Å². The van der Waals surface area contributed by atoms with E-state index >= 15 is 0 Å². The van der Waals surface area contributed by atoms with Crippen molar-refractivity contribution in [3.8, 4) is 0 Å². The van der Waals surface area contributed by atoms with E-state index in [1.807, 2.05) is 0 Å². The van der Waals surface area contributed by atoms with Gasteiger partial charge < -0.3 is 5.73 Å². The molecule has 0 bridgehead atoms. The lowest BCUT2D eigenvalue weighted by Crippen LogP contribution is -2.47. The quantitative estimate of drug-likeness (QED) is 0.659. The number of halogens is 1. The molecule has 7 nitrogen and oxygen atoms in total. The van der Waals surface area contributed by atoms with Crippen LogP contribution in [0.1, 0.15) is 24.8 Å². The summed E-state index contributed by atoms with van der Waals surface area (Å²) in [7, 11) is -3.76. The molecule has 124 valence electrons. The third-order valence-corrected chi connectivity index (χ3v) is 5.98. The lowest BCUT2D eigenvalue weighted by Gasteiger charge is -2.34. The van der Waals surface area contributed by atoms with Crippen LogP contribution in [0, 0.1) is 17.0 Å². The van der Waals surface area contributed by atoms with E-state index in [4.69, 9.17) is 5.73 Å². The van der Waals surface area contributed by atoms with Crippen molar-refractivity contribution in [1.82, 2.24) is 4.31 Å². The minimum atomic E-state index is -3.76. The molecule has 2 rings (SSSR count). The minimum absolute atomic E-state index is 0. The van der Waals surface area contributed by atoms with Gasteiger partial charge in [0.1, 0.15) is 0 Å². The van der Waals surface area contributed by atoms with Crippen molar-refractivity contribution in [2.75, 3.05) is 13.1 Å². The van der Waals surface area contributed by atoms with Crippen LogP contribution in [0.2, 0.25) is 0 Å². The number of sulfonamides is 1. The van der Waals surface area contributed by atoms with Crippen LogP contribution in [-0.4, -0.2) is 36.8 Å². The molecule has 0 amide bonds. The van der Waals surface area contributed by atoms with Crippen LogP contribution in [-0.2, 0) is 10.0 Å². The molecule has 1 heterocycles.